The molecule has 5 heteroatoms. The lowest BCUT2D eigenvalue weighted by atomic mass is 9.77. The van der Waals surface area contributed by atoms with Gasteiger partial charge in [-0.25, -0.2) is 0 Å². The van der Waals surface area contributed by atoms with Gasteiger partial charge in [-0.1, -0.05) is 149 Å². The summed E-state index contributed by atoms with van der Waals surface area (Å²) in [6.45, 7) is 4.57. The minimum atomic E-state index is -0.306. The highest BCUT2D eigenvalue weighted by molar-refractivity contribution is 7.99. The van der Waals surface area contributed by atoms with Crippen molar-refractivity contribution in [1.82, 2.24) is 0 Å². The van der Waals surface area contributed by atoms with Gasteiger partial charge in [0.2, 0.25) is 0 Å². The van der Waals surface area contributed by atoms with E-state index >= 15 is 0 Å². The van der Waals surface area contributed by atoms with Crippen molar-refractivity contribution in [2.45, 2.75) is 148 Å². The Kier molecular flexibility index (Phi) is 13.8. The van der Waals surface area contributed by atoms with Gasteiger partial charge in [0.05, 0.1) is 11.1 Å². The van der Waals surface area contributed by atoms with E-state index in [1.165, 1.54) is 143 Å². The minimum absolute atomic E-state index is 0.103. The van der Waals surface area contributed by atoms with E-state index in [1.807, 2.05) is 12.1 Å². The summed E-state index contributed by atoms with van der Waals surface area (Å²) in [6.07, 6.45) is 21.3. The first-order chi connectivity index (χ1) is 28.9. The zero-order valence-electron chi connectivity index (χ0n) is 35.0. The summed E-state index contributed by atoms with van der Waals surface area (Å²) >= 11 is 2.97. The predicted molar refractivity (Wildman–Crippen MR) is 246 cm³/mol. The largest absolute Gasteiger partial charge is 0.507 e. The van der Waals surface area contributed by atoms with Crippen LogP contribution in [0.2, 0.25) is 0 Å². The Morgan fingerprint density at radius 2 is 0.966 bits per heavy atom. The molecule has 2 saturated carbocycles. The van der Waals surface area contributed by atoms with Gasteiger partial charge < -0.3 is 5.11 Å². The number of ketones is 2. The third-order valence-corrected chi connectivity index (χ3v) is 15.7. The minimum Gasteiger partial charge on any atom is -0.507 e. The number of phenols is 1. The van der Waals surface area contributed by atoms with Gasteiger partial charge in [0, 0.05) is 30.7 Å². The summed E-state index contributed by atoms with van der Waals surface area (Å²) < 4.78 is 0. The summed E-state index contributed by atoms with van der Waals surface area (Å²) in [5.41, 5.74) is 6.37. The average Bonchev–Trinajstić information content (AvgIpc) is 3.27. The molecule has 8 rings (SSSR count). The topological polar surface area (TPSA) is 54.4 Å². The number of hydrogen-bond donors (Lipinski definition) is 1. The van der Waals surface area contributed by atoms with Crippen LogP contribution in [0.1, 0.15) is 171 Å². The van der Waals surface area contributed by atoms with Crippen LogP contribution in [-0.4, -0.2) is 16.7 Å². The maximum absolute atomic E-state index is 14.3. The number of unbranched alkanes of at least 4 members (excludes halogenated alkanes) is 4. The molecule has 1 N–H and O–H groups in total. The van der Waals surface area contributed by atoms with Gasteiger partial charge >= 0.3 is 0 Å². The number of carbonyl (C=O) groups is 2. The average molecular weight is 821 g/mol. The number of phenolic OH excluding ortho intramolecular Hbond substituents is 1. The molecule has 0 atom stereocenters. The Bertz CT molecular complexity index is 2210. The highest BCUT2D eigenvalue weighted by Gasteiger charge is 2.36. The van der Waals surface area contributed by atoms with E-state index < -0.39 is 0 Å². The molecule has 0 amide bonds. The van der Waals surface area contributed by atoms with Crippen molar-refractivity contribution in [3.63, 3.8) is 0 Å². The van der Waals surface area contributed by atoms with Crippen molar-refractivity contribution >= 4 is 35.1 Å². The molecule has 0 unspecified atom stereocenters. The first kappa shape index (κ1) is 41.7. The first-order valence-electron chi connectivity index (χ1n) is 22.6. The Morgan fingerprint density at radius 3 is 1.49 bits per heavy atom. The van der Waals surface area contributed by atoms with E-state index in [-0.39, 0.29) is 22.9 Å². The third kappa shape index (κ3) is 9.63. The molecule has 0 aromatic heterocycles. The van der Waals surface area contributed by atoms with Crippen molar-refractivity contribution in [3.05, 3.63) is 137 Å². The second-order valence-electron chi connectivity index (χ2n) is 17.5. The van der Waals surface area contributed by atoms with E-state index in [0.29, 0.717) is 38.3 Å². The van der Waals surface area contributed by atoms with Crippen LogP contribution in [0.4, 0.5) is 0 Å². The summed E-state index contributed by atoms with van der Waals surface area (Å²) in [4.78, 5) is 32.0. The highest BCUT2D eigenvalue weighted by atomic mass is 32.2. The lowest BCUT2D eigenvalue weighted by Crippen LogP contribution is -2.22. The molecule has 2 fully saturated rings. The van der Waals surface area contributed by atoms with E-state index in [4.69, 9.17) is 0 Å². The number of rotatable bonds is 15. The Balaban J connectivity index is 0.924. The Hall–Kier alpha value is -4.06. The molecule has 0 spiro atoms. The monoisotopic (exact) mass is 820 g/mol. The highest BCUT2D eigenvalue weighted by Crippen LogP contribution is 2.45. The van der Waals surface area contributed by atoms with Gasteiger partial charge in [-0.15, -0.1) is 0 Å². The molecule has 59 heavy (non-hydrogen) atoms. The molecule has 0 heterocycles. The molecule has 0 saturated heterocycles. The van der Waals surface area contributed by atoms with Crippen molar-refractivity contribution in [2.75, 3.05) is 0 Å². The summed E-state index contributed by atoms with van der Waals surface area (Å²) in [5, 5.41) is 11.1. The van der Waals surface area contributed by atoms with Crippen molar-refractivity contribution < 1.29 is 14.7 Å². The van der Waals surface area contributed by atoms with E-state index in [9.17, 15) is 14.7 Å². The molecular formula is C54H60O3S2. The maximum Gasteiger partial charge on any atom is 0.199 e. The fraction of sp³-hybridized carbons (Fsp3) is 0.407. The van der Waals surface area contributed by atoms with E-state index in [0.717, 1.165) is 27.2 Å². The number of aromatic hydroxyl groups is 1. The predicted octanol–water partition coefficient (Wildman–Crippen LogP) is 15.8. The zero-order chi connectivity index (χ0) is 40.7. The van der Waals surface area contributed by atoms with E-state index in [2.05, 4.69) is 86.6 Å². The molecule has 0 radical (unpaired) electrons. The lowest BCUT2D eigenvalue weighted by Gasteiger charge is -2.29. The molecule has 3 aliphatic carbocycles. The normalized spacial score (nSPS) is 20.3. The fourth-order valence-corrected chi connectivity index (χ4v) is 12.0. The molecule has 0 bridgehead atoms. The molecule has 5 aromatic rings. The standard InChI is InChI=1S/C54H60O3S2/c1-3-5-7-10-36-14-18-38(19-15-36)40-22-24-41(25-23-40)43-28-30-44(31-29-43)58-48-13-9-12-46-50(48)54(57)51-47(55)34-35-49(52(51)53(46)56)59-45-32-26-42(27-33-45)39-20-16-37(17-21-39)11-8-6-4-2/h9,12-13,22-39,55H,3-8,10-11,14-21H2,1-2H3. The number of benzene rings is 5. The number of carbonyl (C=O) groups excluding carboxylic acids is 2. The quantitative estimate of drug-likeness (QED) is 0.105. The number of fused-ring (bicyclic) bond motifs is 2. The molecule has 3 aliphatic rings. The van der Waals surface area contributed by atoms with Crippen LogP contribution in [0.25, 0.3) is 11.1 Å². The van der Waals surface area contributed by atoms with Gasteiger partial charge in [-0.2, -0.15) is 0 Å². The first-order valence-corrected chi connectivity index (χ1v) is 24.3. The van der Waals surface area contributed by atoms with Crippen LogP contribution in [0.15, 0.2) is 123 Å². The smallest absolute Gasteiger partial charge is 0.199 e. The second kappa shape index (κ2) is 19.5. The van der Waals surface area contributed by atoms with Gasteiger partial charge in [0.25, 0.3) is 0 Å². The number of hydrogen-bond acceptors (Lipinski definition) is 5. The summed E-state index contributed by atoms with van der Waals surface area (Å²) in [6, 6.07) is 35.3. The SMILES string of the molecule is CCCCCC1CCC(c2ccc(Sc3ccc(O)c4c3C(=O)c3cccc(Sc5ccc(-c6ccc(C7CCC(CCCCC)CC7)cc6)cc5)c3C4=O)cc2)CC1. The van der Waals surface area contributed by atoms with Gasteiger partial charge in [-0.05, 0) is 140 Å². The summed E-state index contributed by atoms with van der Waals surface area (Å²) in [7, 11) is 0. The third-order valence-electron chi connectivity index (χ3n) is 13.6. The van der Waals surface area contributed by atoms with Crippen LogP contribution in [0, 0.1) is 11.8 Å². The molecule has 0 aliphatic heterocycles. The van der Waals surface area contributed by atoms with Crippen molar-refractivity contribution in [2.24, 2.45) is 11.8 Å². The summed E-state index contributed by atoms with van der Waals surface area (Å²) in [5.74, 6) is 2.40. The molecule has 5 aromatic carbocycles. The Morgan fingerprint density at radius 1 is 0.492 bits per heavy atom. The van der Waals surface area contributed by atoms with Crippen LogP contribution in [0.5, 0.6) is 5.75 Å². The molecule has 3 nitrogen and oxygen atoms in total. The van der Waals surface area contributed by atoms with Gasteiger partial charge in [0.1, 0.15) is 5.75 Å². The van der Waals surface area contributed by atoms with Gasteiger partial charge in [-0.3, -0.25) is 9.59 Å². The van der Waals surface area contributed by atoms with Crippen molar-refractivity contribution in [1.29, 1.82) is 0 Å². The zero-order valence-corrected chi connectivity index (χ0v) is 36.7. The van der Waals surface area contributed by atoms with Crippen LogP contribution in [0.3, 0.4) is 0 Å². The van der Waals surface area contributed by atoms with Crippen molar-refractivity contribution in [3.8, 4) is 16.9 Å². The van der Waals surface area contributed by atoms with Crippen LogP contribution in [-0.2, 0) is 0 Å². The lowest BCUT2D eigenvalue weighted by molar-refractivity contribution is 0.0972. The molecule has 306 valence electrons. The van der Waals surface area contributed by atoms with Crippen LogP contribution >= 0.6 is 23.5 Å². The van der Waals surface area contributed by atoms with Gasteiger partial charge in [0.15, 0.2) is 11.6 Å². The van der Waals surface area contributed by atoms with Crippen LogP contribution < -0.4 is 0 Å². The molecular weight excluding hydrogens is 761 g/mol. The Labute approximate surface area is 361 Å². The fourth-order valence-electron chi connectivity index (χ4n) is 10.1. The van der Waals surface area contributed by atoms with E-state index in [1.54, 1.807) is 18.2 Å². The second-order valence-corrected chi connectivity index (χ2v) is 19.7. The maximum atomic E-state index is 14.3.